The zero-order valence-corrected chi connectivity index (χ0v) is 18.4. The first-order chi connectivity index (χ1) is 15.4. The van der Waals surface area contributed by atoms with Gasteiger partial charge in [0, 0.05) is 42.2 Å². The predicted octanol–water partition coefficient (Wildman–Crippen LogP) is 4.49. The lowest BCUT2D eigenvalue weighted by Gasteiger charge is -2.35. The second-order valence-corrected chi connectivity index (χ2v) is 9.39. The molecule has 3 heterocycles. The van der Waals surface area contributed by atoms with E-state index in [4.69, 9.17) is 4.98 Å². The van der Waals surface area contributed by atoms with E-state index in [1.54, 1.807) is 29.5 Å². The minimum absolute atomic E-state index is 0.153. The second kappa shape index (κ2) is 8.03. The summed E-state index contributed by atoms with van der Waals surface area (Å²) in [6, 6.07) is 12.1. The summed E-state index contributed by atoms with van der Waals surface area (Å²) < 4.78 is 3.01. The lowest BCUT2D eigenvalue weighted by molar-refractivity contribution is -0.144. The molecule has 0 amide bonds. The number of aromatic nitrogens is 2. The van der Waals surface area contributed by atoms with Crippen LogP contribution in [0.25, 0.3) is 21.1 Å². The molecule has 5 rings (SSSR count). The Kier molecular flexibility index (Phi) is 5.19. The van der Waals surface area contributed by atoms with Gasteiger partial charge in [-0.2, -0.15) is 0 Å². The maximum Gasteiger partial charge on any atom is 0.335 e. The highest BCUT2D eigenvalue weighted by Crippen LogP contribution is 2.38. The number of carboxylic acids is 2. The fourth-order valence-electron chi connectivity index (χ4n) is 4.77. The molecule has 32 heavy (non-hydrogen) atoms. The zero-order valence-electron chi connectivity index (χ0n) is 17.6. The molecule has 0 aliphatic carbocycles. The highest BCUT2D eigenvalue weighted by molar-refractivity contribution is 7.18. The number of aromatic carboxylic acids is 1. The van der Waals surface area contributed by atoms with Crippen LogP contribution in [0.15, 0.2) is 48.7 Å². The number of carbonyl (C=O) groups is 2. The number of likely N-dealkylation sites (tertiary alicyclic amines) is 1. The molecule has 7 nitrogen and oxygen atoms in total. The molecule has 0 bridgehead atoms. The number of thiazole rings is 1. The van der Waals surface area contributed by atoms with Gasteiger partial charge in [0.05, 0.1) is 20.8 Å². The van der Waals surface area contributed by atoms with Crippen LogP contribution in [0, 0.1) is 0 Å². The van der Waals surface area contributed by atoms with Gasteiger partial charge >= 0.3 is 11.9 Å². The Morgan fingerprint density at radius 1 is 1.19 bits per heavy atom. The molecule has 1 aliphatic rings. The summed E-state index contributed by atoms with van der Waals surface area (Å²) in [7, 11) is 1.85. The molecule has 1 fully saturated rings. The summed E-state index contributed by atoms with van der Waals surface area (Å²) in [5.41, 5.74) is 2.58. The lowest BCUT2D eigenvalue weighted by atomic mass is 9.94. The summed E-state index contributed by atoms with van der Waals surface area (Å²) in [4.78, 5) is 30.8. The SMILES string of the molecule is Cn1cc([C@H](C(=O)O)N2CCC[C@H](c3nc4ccccc4s3)C2)c2cc(C(=O)O)ccc21. The van der Waals surface area contributed by atoms with Gasteiger partial charge in [0.2, 0.25) is 0 Å². The summed E-state index contributed by atoms with van der Waals surface area (Å²) >= 11 is 1.68. The van der Waals surface area contributed by atoms with Crippen molar-refractivity contribution in [2.75, 3.05) is 13.1 Å². The van der Waals surface area contributed by atoms with Crippen molar-refractivity contribution >= 4 is 44.4 Å². The number of carboxylic acid groups (broad SMARTS) is 2. The van der Waals surface area contributed by atoms with Gasteiger partial charge in [-0.15, -0.1) is 11.3 Å². The fourth-order valence-corrected chi connectivity index (χ4v) is 5.86. The van der Waals surface area contributed by atoms with Gasteiger partial charge in [0.1, 0.15) is 6.04 Å². The van der Waals surface area contributed by atoms with E-state index in [-0.39, 0.29) is 11.5 Å². The number of hydrogen-bond acceptors (Lipinski definition) is 5. The molecule has 164 valence electrons. The molecular formula is C24H23N3O4S. The van der Waals surface area contributed by atoms with Crippen molar-refractivity contribution in [1.29, 1.82) is 0 Å². The van der Waals surface area contributed by atoms with E-state index in [1.165, 1.54) is 0 Å². The van der Waals surface area contributed by atoms with Gasteiger partial charge in [-0.1, -0.05) is 12.1 Å². The van der Waals surface area contributed by atoms with Crippen molar-refractivity contribution in [3.05, 3.63) is 64.8 Å². The van der Waals surface area contributed by atoms with Gasteiger partial charge in [0.15, 0.2) is 0 Å². The number of hydrogen-bond donors (Lipinski definition) is 2. The maximum absolute atomic E-state index is 12.5. The van der Waals surface area contributed by atoms with Crippen LogP contribution in [0.3, 0.4) is 0 Å². The van der Waals surface area contributed by atoms with E-state index in [0.29, 0.717) is 24.0 Å². The van der Waals surface area contributed by atoms with Crippen LogP contribution in [0.2, 0.25) is 0 Å². The Balaban J connectivity index is 1.52. The average Bonchev–Trinajstić information content (AvgIpc) is 3.35. The third-order valence-electron chi connectivity index (χ3n) is 6.27. The molecule has 0 radical (unpaired) electrons. The normalized spacial score (nSPS) is 18.2. The first kappa shape index (κ1) is 20.7. The van der Waals surface area contributed by atoms with Crippen LogP contribution in [0.4, 0.5) is 0 Å². The van der Waals surface area contributed by atoms with E-state index in [2.05, 4.69) is 6.07 Å². The molecule has 2 N–H and O–H groups in total. The highest BCUT2D eigenvalue weighted by Gasteiger charge is 2.35. The van der Waals surface area contributed by atoms with Crippen LogP contribution in [-0.4, -0.2) is 49.7 Å². The molecular weight excluding hydrogens is 426 g/mol. The summed E-state index contributed by atoms with van der Waals surface area (Å²) in [5, 5.41) is 21.4. The maximum atomic E-state index is 12.5. The first-order valence-corrected chi connectivity index (χ1v) is 11.4. The van der Waals surface area contributed by atoms with E-state index in [1.807, 2.05) is 40.9 Å². The van der Waals surface area contributed by atoms with Gasteiger partial charge in [-0.25, -0.2) is 9.78 Å². The highest BCUT2D eigenvalue weighted by atomic mass is 32.1. The lowest BCUT2D eigenvalue weighted by Crippen LogP contribution is -2.40. The first-order valence-electron chi connectivity index (χ1n) is 10.6. The molecule has 2 atom stereocenters. The van der Waals surface area contributed by atoms with E-state index in [0.717, 1.165) is 33.6 Å². The Bertz CT molecular complexity index is 1310. The summed E-state index contributed by atoms with van der Waals surface area (Å²) in [6.45, 7) is 1.28. The van der Waals surface area contributed by atoms with Gasteiger partial charge in [-0.3, -0.25) is 9.69 Å². The molecule has 8 heteroatoms. The Morgan fingerprint density at radius 2 is 2.00 bits per heavy atom. The van der Waals surface area contributed by atoms with Gasteiger partial charge in [-0.05, 0) is 49.7 Å². The Morgan fingerprint density at radius 3 is 2.75 bits per heavy atom. The van der Waals surface area contributed by atoms with Gasteiger partial charge in [0.25, 0.3) is 0 Å². The molecule has 0 spiro atoms. The molecule has 0 saturated carbocycles. The van der Waals surface area contributed by atoms with Crippen LogP contribution in [0.5, 0.6) is 0 Å². The molecule has 2 aromatic carbocycles. The fraction of sp³-hybridized carbons (Fsp3) is 0.292. The number of benzene rings is 2. The monoisotopic (exact) mass is 449 g/mol. The number of nitrogens with zero attached hydrogens (tertiary/aromatic N) is 3. The van der Waals surface area contributed by atoms with Crippen molar-refractivity contribution < 1.29 is 19.8 Å². The van der Waals surface area contributed by atoms with Crippen molar-refractivity contribution in [2.45, 2.75) is 24.8 Å². The predicted molar refractivity (Wildman–Crippen MR) is 123 cm³/mol. The zero-order chi connectivity index (χ0) is 22.4. The Hall–Kier alpha value is -3.23. The standard InChI is InChI=1S/C24H23N3O4S/c1-26-13-17(16-11-14(23(28)29)8-9-19(16)26)21(24(30)31)27-10-4-5-15(12-27)22-25-18-6-2-3-7-20(18)32-22/h2-3,6-9,11,13,15,21H,4-5,10,12H2,1H3,(H,28,29)(H,30,31)/t15-,21+/m0/s1. The average molecular weight is 450 g/mol. The minimum Gasteiger partial charge on any atom is -0.480 e. The number of para-hydroxylation sites is 1. The third kappa shape index (κ3) is 3.55. The van der Waals surface area contributed by atoms with Crippen LogP contribution in [0.1, 0.15) is 45.7 Å². The molecule has 2 aromatic heterocycles. The quantitative estimate of drug-likeness (QED) is 0.466. The topological polar surface area (TPSA) is 95.7 Å². The molecule has 0 unspecified atom stereocenters. The largest absolute Gasteiger partial charge is 0.480 e. The number of aryl methyl sites for hydroxylation is 1. The van der Waals surface area contributed by atoms with Crippen LogP contribution < -0.4 is 0 Å². The number of rotatable bonds is 5. The minimum atomic E-state index is -1.03. The van der Waals surface area contributed by atoms with Crippen LogP contribution >= 0.6 is 11.3 Å². The Labute approximate surface area is 188 Å². The van der Waals surface area contributed by atoms with E-state index < -0.39 is 18.0 Å². The number of piperidine rings is 1. The van der Waals surface area contributed by atoms with Crippen molar-refractivity contribution in [3.63, 3.8) is 0 Å². The second-order valence-electron chi connectivity index (χ2n) is 8.33. The van der Waals surface area contributed by atoms with Crippen molar-refractivity contribution in [2.24, 2.45) is 7.05 Å². The molecule has 1 aliphatic heterocycles. The molecule has 4 aromatic rings. The van der Waals surface area contributed by atoms with Crippen LogP contribution in [-0.2, 0) is 11.8 Å². The summed E-state index contributed by atoms with van der Waals surface area (Å²) in [5.74, 6) is -1.78. The molecule has 1 saturated heterocycles. The smallest absolute Gasteiger partial charge is 0.335 e. The van der Waals surface area contributed by atoms with Crippen molar-refractivity contribution in [3.8, 4) is 0 Å². The van der Waals surface area contributed by atoms with E-state index in [9.17, 15) is 19.8 Å². The van der Waals surface area contributed by atoms with Gasteiger partial charge < -0.3 is 14.8 Å². The third-order valence-corrected chi connectivity index (χ3v) is 7.47. The number of fused-ring (bicyclic) bond motifs is 2. The summed E-state index contributed by atoms with van der Waals surface area (Å²) in [6.07, 6.45) is 3.67. The van der Waals surface area contributed by atoms with Crippen molar-refractivity contribution in [1.82, 2.24) is 14.5 Å². The number of aliphatic carboxylic acids is 1. The van der Waals surface area contributed by atoms with E-state index >= 15 is 0 Å².